The summed E-state index contributed by atoms with van der Waals surface area (Å²) in [5.74, 6) is 0. The minimum Gasteiger partial charge on any atom is -0.245 e. The summed E-state index contributed by atoms with van der Waals surface area (Å²) in [6.45, 7) is 6.71. The van der Waals surface area contributed by atoms with Crippen LogP contribution in [0.4, 0.5) is 0 Å². The fourth-order valence-electron chi connectivity index (χ4n) is 1.53. The second-order valence-corrected chi connectivity index (χ2v) is 5.14. The van der Waals surface area contributed by atoms with Crippen molar-refractivity contribution in [2.45, 2.75) is 26.2 Å². The summed E-state index contributed by atoms with van der Waals surface area (Å²) in [6.07, 6.45) is 1.90. The van der Waals surface area contributed by atoms with Crippen molar-refractivity contribution in [2.75, 3.05) is 0 Å². The summed E-state index contributed by atoms with van der Waals surface area (Å²) in [5.41, 5.74) is 1.60. The molecule has 0 aromatic carbocycles. The van der Waals surface area contributed by atoms with Gasteiger partial charge >= 0.3 is 0 Å². The van der Waals surface area contributed by atoms with E-state index in [1.54, 1.807) is 11.3 Å². The molecule has 0 unspecified atom stereocenters. The summed E-state index contributed by atoms with van der Waals surface area (Å²) in [5, 5.41) is 3.41. The fourth-order valence-corrected chi connectivity index (χ4v) is 2.29. The molecule has 13 heavy (non-hydrogen) atoms. The van der Waals surface area contributed by atoms with Crippen LogP contribution in [-0.2, 0) is 5.41 Å². The molecule has 2 rings (SSSR count). The third-order valence-electron chi connectivity index (χ3n) is 2.18. The van der Waals surface area contributed by atoms with E-state index < -0.39 is 0 Å². The van der Waals surface area contributed by atoms with Gasteiger partial charge in [-0.1, -0.05) is 20.8 Å². The number of fused-ring (bicyclic) bond motifs is 1. The summed E-state index contributed by atoms with van der Waals surface area (Å²) in [6, 6.07) is 4.28. The van der Waals surface area contributed by atoms with Crippen molar-refractivity contribution >= 4 is 21.6 Å². The van der Waals surface area contributed by atoms with E-state index >= 15 is 0 Å². The molecule has 0 aliphatic rings. The molecule has 0 aliphatic carbocycles. The summed E-state index contributed by atoms with van der Waals surface area (Å²) >= 11 is 1.71. The Morgan fingerprint density at radius 1 is 1.23 bits per heavy atom. The normalized spacial score (nSPS) is 12.2. The van der Waals surface area contributed by atoms with Crippen molar-refractivity contribution in [1.29, 1.82) is 0 Å². The molecule has 0 radical (unpaired) electrons. The van der Waals surface area contributed by atoms with Gasteiger partial charge in [0.25, 0.3) is 0 Å². The van der Waals surface area contributed by atoms with Crippen molar-refractivity contribution in [3.8, 4) is 0 Å². The third-order valence-corrected chi connectivity index (χ3v) is 3.00. The second kappa shape index (κ2) is 2.81. The highest BCUT2D eigenvalue weighted by Gasteiger charge is 2.16. The van der Waals surface area contributed by atoms with E-state index in [2.05, 4.69) is 43.3 Å². The van der Waals surface area contributed by atoms with E-state index in [9.17, 15) is 0 Å². The molecule has 2 heterocycles. The highest BCUT2D eigenvalue weighted by Crippen LogP contribution is 2.30. The van der Waals surface area contributed by atoms with Gasteiger partial charge in [0.2, 0.25) is 0 Å². The predicted octanol–water partition coefficient (Wildman–Crippen LogP) is 3.59. The zero-order chi connectivity index (χ0) is 9.47. The van der Waals surface area contributed by atoms with E-state index in [1.165, 1.54) is 10.9 Å². The molecule has 0 bridgehead atoms. The molecule has 0 atom stereocenters. The zero-order valence-corrected chi connectivity index (χ0v) is 8.98. The standard InChI is InChI=1S/C11H13NS/c1-11(2,3)9-4-6-12-10-8(9)5-7-13-10/h4-7H,1-3H3. The van der Waals surface area contributed by atoms with Crippen molar-refractivity contribution in [3.05, 3.63) is 29.3 Å². The lowest BCUT2D eigenvalue weighted by Gasteiger charge is -2.19. The Morgan fingerprint density at radius 2 is 2.00 bits per heavy atom. The topological polar surface area (TPSA) is 12.9 Å². The number of rotatable bonds is 0. The maximum Gasteiger partial charge on any atom is 0.123 e. The lowest BCUT2D eigenvalue weighted by atomic mass is 9.86. The van der Waals surface area contributed by atoms with Gasteiger partial charge in [-0.2, -0.15) is 0 Å². The molecule has 0 amide bonds. The Balaban J connectivity index is 2.75. The molecule has 0 spiro atoms. The lowest BCUT2D eigenvalue weighted by molar-refractivity contribution is 0.595. The molecule has 0 N–H and O–H groups in total. The molecule has 2 aromatic rings. The Labute approximate surface area is 82.4 Å². The fraction of sp³-hybridized carbons (Fsp3) is 0.364. The van der Waals surface area contributed by atoms with Crippen LogP contribution in [0.15, 0.2) is 23.7 Å². The van der Waals surface area contributed by atoms with Crippen LogP contribution < -0.4 is 0 Å². The maximum atomic E-state index is 4.33. The Bertz CT molecular complexity index is 423. The van der Waals surface area contributed by atoms with E-state index in [1.807, 2.05) is 6.20 Å². The molecular formula is C11H13NS. The highest BCUT2D eigenvalue weighted by atomic mass is 32.1. The summed E-state index contributed by atoms with van der Waals surface area (Å²) in [4.78, 5) is 5.48. The van der Waals surface area contributed by atoms with Crippen LogP contribution in [0.3, 0.4) is 0 Å². The van der Waals surface area contributed by atoms with Gasteiger partial charge in [-0.05, 0) is 28.5 Å². The molecule has 0 saturated heterocycles. The van der Waals surface area contributed by atoms with Crippen LogP contribution >= 0.6 is 11.3 Å². The van der Waals surface area contributed by atoms with Crippen molar-refractivity contribution < 1.29 is 0 Å². The van der Waals surface area contributed by atoms with Crippen LogP contribution in [-0.4, -0.2) is 4.98 Å². The zero-order valence-electron chi connectivity index (χ0n) is 8.16. The number of thiophene rings is 1. The Morgan fingerprint density at radius 3 is 2.69 bits per heavy atom. The van der Waals surface area contributed by atoms with E-state index in [0.29, 0.717) is 0 Å². The monoisotopic (exact) mass is 191 g/mol. The quantitative estimate of drug-likeness (QED) is 0.620. The van der Waals surface area contributed by atoms with E-state index in [4.69, 9.17) is 0 Å². The van der Waals surface area contributed by atoms with Gasteiger partial charge in [-0.15, -0.1) is 11.3 Å². The highest BCUT2D eigenvalue weighted by molar-refractivity contribution is 7.16. The lowest BCUT2D eigenvalue weighted by Crippen LogP contribution is -2.11. The number of hydrogen-bond acceptors (Lipinski definition) is 2. The first-order chi connectivity index (χ1) is 6.09. The largest absolute Gasteiger partial charge is 0.245 e. The van der Waals surface area contributed by atoms with Gasteiger partial charge in [-0.3, -0.25) is 0 Å². The molecule has 68 valence electrons. The number of aromatic nitrogens is 1. The summed E-state index contributed by atoms with van der Waals surface area (Å²) < 4.78 is 0. The molecule has 0 saturated carbocycles. The average Bonchev–Trinajstić information content (AvgIpc) is 2.48. The third kappa shape index (κ3) is 1.46. The minimum absolute atomic E-state index is 0.211. The molecule has 0 fully saturated rings. The van der Waals surface area contributed by atoms with Gasteiger partial charge in [-0.25, -0.2) is 4.98 Å². The van der Waals surface area contributed by atoms with Crippen LogP contribution in [0, 0.1) is 0 Å². The van der Waals surface area contributed by atoms with Gasteiger partial charge in [0, 0.05) is 11.6 Å². The molecule has 2 aromatic heterocycles. The van der Waals surface area contributed by atoms with Gasteiger partial charge < -0.3 is 0 Å². The molecular weight excluding hydrogens is 178 g/mol. The SMILES string of the molecule is CC(C)(C)c1ccnc2sccc12. The van der Waals surface area contributed by atoms with Gasteiger partial charge in [0.1, 0.15) is 4.83 Å². The first kappa shape index (κ1) is 8.70. The van der Waals surface area contributed by atoms with Crippen molar-refractivity contribution in [2.24, 2.45) is 0 Å². The second-order valence-electron chi connectivity index (χ2n) is 4.25. The molecule has 2 heteroatoms. The first-order valence-electron chi connectivity index (χ1n) is 4.42. The number of nitrogens with zero attached hydrogens (tertiary/aromatic N) is 1. The summed E-state index contributed by atoms with van der Waals surface area (Å²) in [7, 11) is 0. The predicted molar refractivity (Wildman–Crippen MR) is 58.3 cm³/mol. The maximum absolute atomic E-state index is 4.33. The smallest absolute Gasteiger partial charge is 0.123 e. The van der Waals surface area contributed by atoms with Crippen LogP contribution in [0.5, 0.6) is 0 Å². The Hall–Kier alpha value is -0.890. The first-order valence-corrected chi connectivity index (χ1v) is 5.30. The average molecular weight is 191 g/mol. The number of hydrogen-bond donors (Lipinski definition) is 0. The van der Waals surface area contributed by atoms with Gasteiger partial charge in [0.05, 0.1) is 0 Å². The van der Waals surface area contributed by atoms with Crippen molar-refractivity contribution in [1.82, 2.24) is 4.98 Å². The van der Waals surface area contributed by atoms with Crippen LogP contribution in [0.2, 0.25) is 0 Å². The molecule has 0 aliphatic heterocycles. The minimum atomic E-state index is 0.211. The number of pyridine rings is 1. The van der Waals surface area contributed by atoms with E-state index in [-0.39, 0.29) is 5.41 Å². The van der Waals surface area contributed by atoms with Gasteiger partial charge in [0.15, 0.2) is 0 Å². The molecule has 1 nitrogen and oxygen atoms in total. The van der Waals surface area contributed by atoms with E-state index in [0.717, 1.165) is 4.83 Å². The van der Waals surface area contributed by atoms with Crippen LogP contribution in [0.25, 0.3) is 10.2 Å². The van der Waals surface area contributed by atoms with Crippen LogP contribution in [0.1, 0.15) is 26.3 Å². The Kier molecular flexibility index (Phi) is 1.88. The van der Waals surface area contributed by atoms with Crippen molar-refractivity contribution in [3.63, 3.8) is 0 Å².